The first-order chi connectivity index (χ1) is 6.74. The molecular weight excluding hydrogens is 180 g/mol. The van der Waals surface area contributed by atoms with Gasteiger partial charge in [-0.2, -0.15) is 15.1 Å². The Labute approximate surface area is 81.7 Å². The van der Waals surface area contributed by atoms with Crippen LogP contribution in [-0.4, -0.2) is 26.9 Å². The molecule has 0 radical (unpaired) electrons. The van der Waals surface area contributed by atoms with Gasteiger partial charge in [0.15, 0.2) is 5.65 Å². The molecule has 0 bridgehead atoms. The molecule has 0 aromatic carbocycles. The summed E-state index contributed by atoms with van der Waals surface area (Å²) >= 11 is 0. The molecule has 14 heavy (non-hydrogen) atoms. The van der Waals surface area contributed by atoms with Gasteiger partial charge in [-0.1, -0.05) is 6.92 Å². The first kappa shape index (κ1) is 8.93. The van der Waals surface area contributed by atoms with E-state index in [1.54, 1.807) is 11.8 Å². The Morgan fingerprint density at radius 1 is 1.43 bits per heavy atom. The SMILES string of the molecule is CCc1nc(OC)nc2nn(C)cc12. The van der Waals surface area contributed by atoms with Gasteiger partial charge < -0.3 is 4.74 Å². The van der Waals surface area contributed by atoms with Crippen molar-refractivity contribution in [3.63, 3.8) is 0 Å². The number of hydrogen-bond acceptors (Lipinski definition) is 4. The van der Waals surface area contributed by atoms with Crippen LogP contribution in [-0.2, 0) is 13.5 Å². The van der Waals surface area contributed by atoms with Crippen LogP contribution in [0.3, 0.4) is 0 Å². The van der Waals surface area contributed by atoms with Crippen LogP contribution in [0.2, 0.25) is 0 Å². The van der Waals surface area contributed by atoms with Crippen LogP contribution in [0, 0.1) is 0 Å². The fourth-order valence-corrected chi connectivity index (χ4v) is 1.41. The number of ether oxygens (including phenoxy) is 1. The van der Waals surface area contributed by atoms with Gasteiger partial charge in [0.05, 0.1) is 18.2 Å². The first-order valence-electron chi connectivity index (χ1n) is 4.49. The van der Waals surface area contributed by atoms with Crippen molar-refractivity contribution in [1.29, 1.82) is 0 Å². The standard InChI is InChI=1S/C9H12N4O/c1-4-7-6-5-13(2)12-8(6)11-9(10-7)14-3/h5H,4H2,1-3H3. The first-order valence-corrected chi connectivity index (χ1v) is 4.49. The minimum Gasteiger partial charge on any atom is -0.467 e. The third-order valence-electron chi connectivity index (χ3n) is 2.07. The van der Waals surface area contributed by atoms with E-state index in [-0.39, 0.29) is 0 Å². The summed E-state index contributed by atoms with van der Waals surface area (Å²) in [4.78, 5) is 8.42. The zero-order valence-corrected chi connectivity index (χ0v) is 8.48. The maximum atomic E-state index is 5.00. The highest BCUT2D eigenvalue weighted by Gasteiger charge is 2.09. The Bertz CT molecular complexity index is 463. The van der Waals surface area contributed by atoms with E-state index in [0.29, 0.717) is 11.7 Å². The lowest BCUT2D eigenvalue weighted by molar-refractivity contribution is 0.380. The highest BCUT2D eigenvalue weighted by molar-refractivity contribution is 5.76. The molecule has 5 heteroatoms. The number of hydrogen-bond donors (Lipinski definition) is 0. The van der Waals surface area contributed by atoms with E-state index >= 15 is 0 Å². The topological polar surface area (TPSA) is 52.8 Å². The predicted octanol–water partition coefficient (Wildman–Crippen LogP) is 0.934. The van der Waals surface area contributed by atoms with Crippen LogP contribution >= 0.6 is 0 Å². The second kappa shape index (κ2) is 3.25. The van der Waals surface area contributed by atoms with Crippen LogP contribution in [0.25, 0.3) is 11.0 Å². The molecule has 2 heterocycles. The van der Waals surface area contributed by atoms with Crippen LogP contribution < -0.4 is 4.74 Å². The normalized spacial score (nSPS) is 10.8. The third kappa shape index (κ3) is 1.30. The molecule has 74 valence electrons. The van der Waals surface area contributed by atoms with E-state index in [9.17, 15) is 0 Å². The lowest BCUT2D eigenvalue weighted by Crippen LogP contribution is -1.96. The van der Waals surface area contributed by atoms with Crippen LogP contribution in [0.15, 0.2) is 6.20 Å². The molecule has 0 saturated carbocycles. The summed E-state index contributed by atoms with van der Waals surface area (Å²) in [6.07, 6.45) is 2.77. The molecule has 0 fully saturated rings. The van der Waals surface area contributed by atoms with Crippen molar-refractivity contribution in [1.82, 2.24) is 19.7 Å². The molecule has 2 aromatic rings. The Morgan fingerprint density at radius 3 is 2.86 bits per heavy atom. The van der Waals surface area contributed by atoms with E-state index in [1.165, 1.54) is 0 Å². The van der Waals surface area contributed by atoms with E-state index in [1.807, 2.05) is 20.2 Å². The van der Waals surface area contributed by atoms with Gasteiger partial charge in [0.25, 0.3) is 0 Å². The molecule has 0 amide bonds. The minimum absolute atomic E-state index is 0.382. The van der Waals surface area contributed by atoms with Gasteiger partial charge >= 0.3 is 6.01 Å². The van der Waals surface area contributed by atoms with Crippen molar-refractivity contribution >= 4 is 11.0 Å². The number of rotatable bonds is 2. The molecule has 0 spiro atoms. The average Bonchev–Trinajstić information content (AvgIpc) is 2.56. The maximum Gasteiger partial charge on any atom is 0.318 e. The molecule has 5 nitrogen and oxygen atoms in total. The monoisotopic (exact) mass is 192 g/mol. The van der Waals surface area contributed by atoms with Crippen LogP contribution in [0.5, 0.6) is 6.01 Å². The summed E-state index contributed by atoms with van der Waals surface area (Å²) in [7, 11) is 3.43. The summed E-state index contributed by atoms with van der Waals surface area (Å²) in [6.45, 7) is 2.05. The molecule has 2 rings (SSSR count). The number of aromatic nitrogens is 4. The van der Waals surface area contributed by atoms with Crippen LogP contribution in [0.4, 0.5) is 0 Å². The zero-order valence-electron chi connectivity index (χ0n) is 8.48. The van der Waals surface area contributed by atoms with Gasteiger partial charge in [0.1, 0.15) is 0 Å². The molecule has 0 N–H and O–H groups in total. The van der Waals surface area contributed by atoms with Crippen molar-refractivity contribution in [3.8, 4) is 6.01 Å². The third-order valence-corrected chi connectivity index (χ3v) is 2.07. The van der Waals surface area contributed by atoms with Gasteiger partial charge in [-0.3, -0.25) is 4.68 Å². The van der Waals surface area contributed by atoms with Crippen molar-refractivity contribution in [2.75, 3.05) is 7.11 Å². The molecular formula is C9H12N4O. The molecule has 0 saturated heterocycles. The van der Waals surface area contributed by atoms with Gasteiger partial charge in [-0.25, -0.2) is 0 Å². The van der Waals surface area contributed by atoms with Crippen molar-refractivity contribution in [2.24, 2.45) is 7.05 Å². The Morgan fingerprint density at radius 2 is 2.21 bits per heavy atom. The Balaban J connectivity index is 2.72. The van der Waals surface area contributed by atoms with E-state index in [2.05, 4.69) is 15.1 Å². The van der Waals surface area contributed by atoms with Gasteiger partial charge in [-0.15, -0.1) is 0 Å². The molecule has 0 atom stereocenters. The summed E-state index contributed by atoms with van der Waals surface area (Å²) in [6, 6.07) is 0.382. The lowest BCUT2D eigenvalue weighted by atomic mass is 10.2. The average molecular weight is 192 g/mol. The zero-order chi connectivity index (χ0) is 10.1. The number of nitrogens with zero attached hydrogens (tertiary/aromatic N) is 4. The largest absolute Gasteiger partial charge is 0.467 e. The fourth-order valence-electron chi connectivity index (χ4n) is 1.41. The summed E-state index contributed by atoms with van der Waals surface area (Å²) in [5.41, 5.74) is 1.66. The molecule has 0 unspecified atom stereocenters. The lowest BCUT2D eigenvalue weighted by Gasteiger charge is -2.00. The van der Waals surface area contributed by atoms with E-state index < -0.39 is 0 Å². The van der Waals surface area contributed by atoms with Crippen molar-refractivity contribution in [3.05, 3.63) is 11.9 Å². The van der Waals surface area contributed by atoms with E-state index in [4.69, 9.17) is 4.74 Å². The van der Waals surface area contributed by atoms with Gasteiger partial charge in [0, 0.05) is 13.2 Å². The summed E-state index contributed by atoms with van der Waals surface area (Å²) < 4.78 is 6.74. The smallest absolute Gasteiger partial charge is 0.318 e. The Hall–Kier alpha value is -1.65. The second-order valence-corrected chi connectivity index (χ2v) is 3.05. The number of fused-ring (bicyclic) bond motifs is 1. The number of aryl methyl sites for hydroxylation is 2. The van der Waals surface area contributed by atoms with Crippen molar-refractivity contribution < 1.29 is 4.74 Å². The fraction of sp³-hybridized carbons (Fsp3) is 0.444. The van der Waals surface area contributed by atoms with Crippen molar-refractivity contribution in [2.45, 2.75) is 13.3 Å². The molecule has 0 aliphatic heterocycles. The molecule has 0 aliphatic carbocycles. The minimum atomic E-state index is 0.382. The highest BCUT2D eigenvalue weighted by atomic mass is 16.5. The number of methoxy groups -OCH3 is 1. The van der Waals surface area contributed by atoms with Crippen LogP contribution in [0.1, 0.15) is 12.6 Å². The molecule has 2 aromatic heterocycles. The highest BCUT2D eigenvalue weighted by Crippen LogP contribution is 2.17. The van der Waals surface area contributed by atoms with Gasteiger partial charge in [-0.05, 0) is 6.42 Å². The summed E-state index contributed by atoms with van der Waals surface area (Å²) in [5.74, 6) is 0. The van der Waals surface area contributed by atoms with Gasteiger partial charge in [0.2, 0.25) is 0 Å². The molecule has 0 aliphatic rings. The van der Waals surface area contributed by atoms with E-state index in [0.717, 1.165) is 17.5 Å². The maximum absolute atomic E-state index is 5.00. The Kier molecular flexibility index (Phi) is 2.07. The quantitative estimate of drug-likeness (QED) is 0.710. The predicted molar refractivity (Wildman–Crippen MR) is 52.2 cm³/mol. The second-order valence-electron chi connectivity index (χ2n) is 3.05. The summed E-state index contributed by atoms with van der Waals surface area (Å²) in [5, 5.41) is 5.21.